The van der Waals surface area contributed by atoms with Crippen LogP contribution < -0.4 is 10.6 Å². The van der Waals surface area contributed by atoms with Crippen LogP contribution >= 0.6 is 0 Å². The van der Waals surface area contributed by atoms with E-state index in [0.717, 1.165) is 17.7 Å². The number of carbonyl (C=O) groups excluding carboxylic acids is 1. The fourth-order valence-corrected chi connectivity index (χ4v) is 1.96. The van der Waals surface area contributed by atoms with Crippen LogP contribution in [0.25, 0.3) is 0 Å². The molecule has 0 saturated heterocycles. The molecule has 1 amide bonds. The van der Waals surface area contributed by atoms with Crippen molar-refractivity contribution < 1.29 is 4.79 Å². The van der Waals surface area contributed by atoms with E-state index in [2.05, 4.69) is 11.9 Å². The van der Waals surface area contributed by atoms with E-state index in [1.54, 1.807) is 24.2 Å². The number of nitrogens with zero attached hydrogens (tertiary/aromatic N) is 2. The van der Waals surface area contributed by atoms with Gasteiger partial charge < -0.3 is 10.6 Å². The summed E-state index contributed by atoms with van der Waals surface area (Å²) >= 11 is 0. The second-order valence-electron chi connectivity index (χ2n) is 4.64. The topological polar surface area (TPSA) is 59.2 Å². The second kappa shape index (κ2) is 6.30. The van der Waals surface area contributed by atoms with Gasteiger partial charge in [-0.1, -0.05) is 19.1 Å². The number of anilines is 1. The van der Waals surface area contributed by atoms with Gasteiger partial charge >= 0.3 is 0 Å². The quantitative estimate of drug-likeness (QED) is 0.927. The number of aryl methyl sites for hydroxylation is 1. The third kappa shape index (κ3) is 3.03. The second-order valence-corrected chi connectivity index (χ2v) is 4.64. The van der Waals surface area contributed by atoms with Gasteiger partial charge in [-0.3, -0.25) is 9.78 Å². The summed E-state index contributed by atoms with van der Waals surface area (Å²) in [6, 6.07) is 11.5. The van der Waals surface area contributed by atoms with Crippen molar-refractivity contribution in [2.45, 2.75) is 19.9 Å². The molecule has 2 rings (SSSR count). The molecule has 2 aromatic rings. The Morgan fingerprint density at radius 1 is 1.20 bits per heavy atom. The SMILES string of the molecule is CCc1ccc(N(C)C(=O)c2cc(CN)ccn2)cc1. The number of hydrogen-bond donors (Lipinski definition) is 1. The molecule has 1 aromatic heterocycles. The van der Waals surface area contributed by atoms with Crippen molar-refractivity contribution in [3.63, 3.8) is 0 Å². The Morgan fingerprint density at radius 2 is 1.90 bits per heavy atom. The zero-order valence-corrected chi connectivity index (χ0v) is 11.8. The molecule has 0 aliphatic rings. The maximum atomic E-state index is 12.4. The van der Waals surface area contributed by atoms with E-state index in [4.69, 9.17) is 5.73 Å². The molecular weight excluding hydrogens is 250 g/mol. The Labute approximate surface area is 119 Å². The van der Waals surface area contributed by atoms with Crippen molar-refractivity contribution >= 4 is 11.6 Å². The van der Waals surface area contributed by atoms with Gasteiger partial charge in [0, 0.05) is 25.5 Å². The Kier molecular flexibility index (Phi) is 4.48. The molecule has 0 aliphatic carbocycles. The lowest BCUT2D eigenvalue weighted by Crippen LogP contribution is -2.27. The molecule has 0 bridgehead atoms. The molecule has 0 spiro atoms. The van der Waals surface area contributed by atoms with Gasteiger partial charge in [0.1, 0.15) is 5.69 Å². The van der Waals surface area contributed by atoms with Crippen LogP contribution in [0.2, 0.25) is 0 Å². The third-order valence-corrected chi connectivity index (χ3v) is 3.32. The van der Waals surface area contributed by atoms with Crippen molar-refractivity contribution in [1.82, 2.24) is 4.98 Å². The van der Waals surface area contributed by atoms with Crippen molar-refractivity contribution in [1.29, 1.82) is 0 Å². The maximum Gasteiger partial charge on any atom is 0.276 e. The summed E-state index contributed by atoms with van der Waals surface area (Å²) < 4.78 is 0. The van der Waals surface area contributed by atoms with E-state index < -0.39 is 0 Å². The minimum absolute atomic E-state index is 0.135. The van der Waals surface area contributed by atoms with Gasteiger partial charge in [-0.05, 0) is 41.8 Å². The van der Waals surface area contributed by atoms with Crippen LogP contribution in [0.4, 0.5) is 5.69 Å². The Balaban J connectivity index is 2.22. The van der Waals surface area contributed by atoms with E-state index in [9.17, 15) is 4.79 Å². The maximum absolute atomic E-state index is 12.4. The molecule has 0 saturated carbocycles. The molecule has 4 heteroatoms. The molecule has 0 radical (unpaired) electrons. The van der Waals surface area contributed by atoms with Gasteiger partial charge in [-0.2, -0.15) is 0 Å². The molecule has 1 aromatic carbocycles. The molecule has 4 nitrogen and oxygen atoms in total. The average Bonchev–Trinajstić information content (AvgIpc) is 2.53. The van der Waals surface area contributed by atoms with Crippen LogP contribution in [0, 0.1) is 0 Å². The summed E-state index contributed by atoms with van der Waals surface area (Å²) in [5.41, 5.74) is 9.00. The van der Waals surface area contributed by atoms with E-state index in [1.807, 2.05) is 30.3 Å². The Bertz CT molecular complexity index is 593. The minimum Gasteiger partial charge on any atom is -0.326 e. The number of nitrogens with two attached hydrogens (primary N) is 1. The number of hydrogen-bond acceptors (Lipinski definition) is 3. The highest BCUT2D eigenvalue weighted by Crippen LogP contribution is 2.16. The van der Waals surface area contributed by atoms with Crippen LogP contribution in [0.1, 0.15) is 28.5 Å². The Hall–Kier alpha value is -2.20. The minimum atomic E-state index is -0.135. The van der Waals surface area contributed by atoms with E-state index in [0.29, 0.717) is 12.2 Å². The number of amides is 1. The molecule has 0 unspecified atom stereocenters. The third-order valence-electron chi connectivity index (χ3n) is 3.32. The van der Waals surface area contributed by atoms with Gasteiger partial charge in [0.2, 0.25) is 0 Å². The highest BCUT2D eigenvalue weighted by Gasteiger charge is 2.14. The molecule has 20 heavy (non-hydrogen) atoms. The van der Waals surface area contributed by atoms with Crippen LogP contribution in [0.15, 0.2) is 42.6 Å². The fraction of sp³-hybridized carbons (Fsp3) is 0.250. The number of rotatable bonds is 4. The number of pyridine rings is 1. The monoisotopic (exact) mass is 269 g/mol. The summed E-state index contributed by atoms with van der Waals surface area (Å²) in [6.07, 6.45) is 2.60. The zero-order chi connectivity index (χ0) is 14.5. The predicted molar refractivity (Wildman–Crippen MR) is 80.7 cm³/mol. The lowest BCUT2D eigenvalue weighted by atomic mass is 10.1. The van der Waals surface area contributed by atoms with Crippen LogP contribution in [0.3, 0.4) is 0 Å². The van der Waals surface area contributed by atoms with Crippen molar-refractivity contribution in [3.05, 3.63) is 59.4 Å². The van der Waals surface area contributed by atoms with E-state index >= 15 is 0 Å². The first-order valence-electron chi connectivity index (χ1n) is 6.67. The summed E-state index contributed by atoms with van der Waals surface area (Å²) in [7, 11) is 1.75. The molecule has 2 N–H and O–H groups in total. The first-order chi connectivity index (χ1) is 9.65. The summed E-state index contributed by atoms with van der Waals surface area (Å²) in [5, 5.41) is 0. The highest BCUT2D eigenvalue weighted by molar-refractivity contribution is 6.04. The number of carbonyl (C=O) groups is 1. The standard InChI is InChI=1S/C16H19N3O/c1-3-12-4-6-14(7-5-12)19(2)16(20)15-10-13(11-17)8-9-18-15/h4-10H,3,11,17H2,1-2H3. The van der Waals surface area contributed by atoms with Crippen LogP contribution in [-0.4, -0.2) is 17.9 Å². The fourth-order valence-electron chi connectivity index (χ4n) is 1.96. The van der Waals surface area contributed by atoms with Gasteiger partial charge in [-0.25, -0.2) is 0 Å². The summed E-state index contributed by atoms with van der Waals surface area (Å²) in [4.78, 5) is 18.1. The average molecular weight is 269 g/mol. The van der Waals surface area contributed by atoms with Gasteiger partial charge in [0.25, 0.3) is 5.91 Å². The Morgan fingerprint density at radius 3 is 2.50 bits per heavy atom. The first-order valence-corrected chi connectivity index (χ1v) is 6.67. The van der Waals surface area contributed by atoms with Crippen molar-refractivity contribution in [3.8, 4) is 0 Å². The smallest absolute Gasteiger partial charge is 0.276 e. The molecule has 0 fully saturated rings. The van der Waals surface area contributed by atoms with Gasteiger partial charge in [0.15, 0.2) is 0 Å². The van der Waals surface area contributed by atoms with Crippen LogP contribution in [0.5, 0.6) is 0 Å². The lowest BCUT2D eigenvalue weighted by molar-refractivity contribution is 0.0988. The largest absolute Gasteiger partial charge is 0.326 e. The summed E-state index contributed by atoms with van der Waals surface area (Å²) in [6.45, 7) is 2.50. The van der Waals surface area contributed by atoms with E-state index in [1.165, 1.54) is 5.56 Å². The number of benzene rings is 1. The molecular formula is C16H19N3O. The molecule has 1 heterocycles. The van der Waals surface area contributed by atoms with Crippen molar-refractivity contribution in [2.24, 2.45) is 5.73 Å². The molecule has 104 valence electrons. The predicted octanol–water partition coefficient (Wildman–Crippen LogP) is 2.38. The highest BCUT2D eigenvalue weighted by atomic mass is 16.2. The van der Waals surface area contributed by atoms with Gasteiger partial charge in [0.05, 0.1) is 0 Å². The first kappa shape index (κ1) is 14.2. The van der Waals surface area contributed by atoms with E-state index in [-0.39, 0.29) is 5.91 Å². The summed E-state index contributed by atoms with van der Waals surface area (Å²) in [5.74, 6) is -0.135. The van der Waals surface area contributed by atoms with Crippen molar-refractivity contribution in [2.75, 3.05) is 11.9 Å². The number of aromatic nitrogens is 1. The molecule has 0 atom stereocenters. The normalized spacial score (nSPS) is 10.3. The molecule has 0 aliphatic heterocycles. The lowest BCUT2D eigenvalue weighted by Gasteiger charge is -2.17. The zero-order valence-electron chi connectivity index (χ0n) is 11.8. The van der Waals surface area contributed by atoms with Gasteiger partial charge in [-0.15, -0.1) is 0 Å². The van der Waals surface area contributed by atoms with Crippen LogP contribution in [-0.2, 0) is 13.0 Å².